The van der Waals surface area contributed by atoms with Crippen LogP contribution in [0.25, 0.3) is 0 Å². The second kappa shape index (κ2) is 7.06. The van der Waals surface area contributed by atoms with Gasteiger partial charge in [0.2, 0.25) is 0 Å². The van der Waals surface area contributed by atoms with E-state index in [1.165, 1.54) is 0 Å². The zero-order valence-corrected chi connectivity index (χ0v) is 15.0. The molecule has 0 aromatic heterocycles. The minimum absolute atomic E-state index is 0.0908. The molecule has 0 radical (unpaired) electrons. The number of allylic oxidation sites excluding steroid dienone is 2. The molecule has 0 saturated heterocycles. The van der Waals surface area contributed by atoms with Crippen LogP contribution in [0.5, 0.6) is 0 Å². The summed E-state index contributed by atoms with van der Waals surface area (Å²) in [5, 5.41) is 0. The Kier molecular flexibility index (Phi) is 5.53. The molecule has 3 rings (SSSR count). The minimum Gasteiger partial charge on any atom is -0.465 e. The normalized spacial score (nSPS) is 32.4. The lowest BCUT2D eigenvalue weighted by molar-refractivity contribution is -0.172. The first-order valence-electron chi connectivity index (χ1n) is 8.77. The highest BCUT2D eigenvalue weighted by molar-refractivity contribution is 5.84. The van der Waals surface area contributed by atoms with Crippen molar-refractivity contribution in [2.75, 3.05) is 13.2 Å². The van der Waals surface area contributed by atoms with Crippen molar-refractivity contribution in [2.45, 2.75) is 47.5 Å². The summed E-state index contributed by atoms with van der Waals surface area (Å²) in [5.74, 6) is -0.659. The van der Waals surface area contributed by atoms with E-state index in [1.54, 1.807) is 0 Å². The molecule has 130 valence electrons. The molecule has 23 heavy (non-hydrogen) atoms. The molecule has 4 atom stereocenters. The third-order valence-electron chi connectivity index (χ3n) is 4.92. The molecule has 0 N–H and O–H groups in total. The van der Waals surface area contributed by atoms with Crippen LogP contribution in [0.15, 0.2) is 12.2 Å². The summed E-state index contributed by atoms with van der Waals surface area (Å²) in [7, 11) is 0. The van der Waals surface area contributed by atoms with Gasteiger partial charge < -0.3 is 9.47 Å². The van der Waals surface area contributed by atoms with Crippen LogP contribution < -0.4 is 0 Å². The largest absolute Gasteiger partial charge is 0.465 e. The van der Waals surface area contributed by atoms with Crippen LogP contribution in [0.3, 0.4) is 0 Å². The van der Waals surface area contributed by atoms with Gasteiger partial charge in [-0.3, -0.25) is 9.59 Å². The van der Waals surface area contributed by atoms with E-state index in [9.17, 15) is 9.59 Å². The van der Waals surface area contributed by atoms with E-state index in [0.29, 0.717) is 13.2 Å². The van der Waals surface area contributed by atoms with E-state index in [-0.39, 0.29) is 35.1 Å². The molecule has 1 saturated carbocycles. The summed E-state index contributed by atoms with van der Waals surface area (Å²) in [6.45, 7) is 10.9. The summed E-state index contributed by atoms with van der Waals surface area (Å²) in [5.41, 5.74) is -0.301. The molecular weight excluding hydrogens is 292 g/mol. The predicted octanol–water partition coefficient (Wildman–Crippen LogP) is 3.60. The lowest BCUT2D eigenvalue weighted by Gasteiger charge is -2.48. The van der Waals surface area contributed by atoms with Crippen LogP contribution in [0, 0.1) is 35.0 Å². The first kappa shape index (κ1) is 18.0. The van der Waals surface area contributed by atoms with Crippen LogP contribution in [0.4, 0.5) is 0 Å². The van der Waals surface area contributed by atoms with Gasteiger partial charge in [-0.05, 0) is 36.0 Å². The Morgan fingerprint density at radius 1 is 1.09 bits per heavy atom. The number of carbonyl (C=O) groups is 2. The number of rotatable bonds is 6. The highest BCUT2D eigenvalue weighted by atomic mass is 16.5. The highest BCUT2D eigenvalue weighted by Crippen LogP contribution is 2.53. The number of esters is 2. The molecule has 3 aliphatic rings. The van der Waals surface area contributed by atoms with Crippen LogP contribution in [0.1, 0.15) is 47.5 Å². The number of fused-ring (bicyclic) bond motifs is 2. The quantitative estimate of drug-likeness (QED) is 0.554. The highest BCUT2D eigenvalue weighted by Gasteiger charge is 2.55. The van der Waals surface area contributed by atoms with Crippen LogP contribution >= 0.6 is 0 Å². The molecule has 4 heteroatoms. The maximum absolute atomic E-state index is 12.7. The molecule has 0 heterocycles. The molecule has 2 bridgehead atoms. The first-order chi connectivity index (χ1) is 10.7. The van der Waals surface area contributed by atoms with Crippen molar-refractivity contribution in [3.05, 3.63) is 12.2 Å². The lowest BCUT2D eigenvalue weighted by Crippen LogP contribution is -2.51. The number of ether oxygens (including phenoxy) is 2. The van der Waals surface area contributed by atoms with Gasteiger partial charge in [0.25, 0.3) is 0 Å². The Hall–Kier alpha value is -1.32. The van der Waals surface area contributed by atoms with E-state index in [2.05, 4.69) is 19.1 Å². The molecular formula is C19H30O4. The van der Waals surface area contributed by atoms with Crippen LogP contribution in [0.2, 0.25) is 0 Å². The Bertz CT molecular complexity index is 480. The maximum atomic E-state index is 12.7. The van der Waals surface area contributed by atoms with Gasteiger partial charge in [0, 0.05) is 0 Å². The Morgan fingerprint density at radius 2 is 1.65 bits per heavy atom. The SMILES string of the molecule is CC(C)COC(=O)C1C2C=CC(C)(CC2)C1C(=O)OCC(C)C. The number of hydrogen-bond donors (Lipinski definition) is 0. The average molecular weight is 322 g/mol. The fourth-order valence-electron chi connectivity index (χ4n) is 3.63. The second-order valence-electron chi connectivity index (χ2n) is 8.12. The van der Waals surface area contributed by atoms with Crippen molar-refractivity contribution < 1.29 is 19.1 Å². The van der Waals surface area contributed by atoms with E-state index in [4.69, 9.17) is 9.47 Å². The molecule has 0 aromatic rings. The van der Waals surface area contributed by atoms with Crippen molar-refractivity contribution in [3.8, 4) is 0 Å². The fraction of sp³-hybridized carbons (Fsp3) is 0.789. The summed E-state index contributed by atoms with van der Waals surface area (Å²) in [6.07, 6.45) is 6.05. The smallest absolute Gasteiger partial charge is 0.310 e. The average Bonchev–Trinajstić information content (AvgIpc) is 2.49. The van der Waals surface area contributed by atoms with Crippen molar-refractivity contribution in [2.24, 2.45) is 35.0 Å². The summed E-state index contributed by atoms with van der Waals surface area (Å²) in [4.78, 5) is 25.3. The Labute approximate surface area is 139 Å². The third-order valence-corrected chi connectivity index (χ3v) is 4.92. The van der Waals surface area contributed by atoms with Gasteiger partial charge in [0.1, 0.15) is 0 Å². The van der Waals surface area contributed by atoms with Crippen molar-refractivity contribution >= 4 is 11.9 Å². The van der Waals surface area contributed by atoms with Gasteiger partial charge in [0.15, 0.2) is 0 Å². The number of carbonyl (C=O) groups excluding carboxylic acids is 2. The lowest BCUT2D eigenvalue weighted by atomic mass is 9.55. The van der Waals surface area contributed by atoms with Gasteiger partial charge in [-0.15, -0.1) is 0 Å². The predicted molar refractivity (Wildman–Crippen MR) is 88.5 cm³/mol. The van der Waals surface area contributed by atoms with Gasteiger partial charge in [0.05, 0.1) is 25.0 Å². The molecule has 1 fully saturated rings. The number of hydrogen-bond acceptors (Lipinski definition) is 4. The third kappa shape index (κ3) is 3.96. The Morgan fingerprint density at radius 3 is 2.13 bits per heavy atom. The first-order valence-corrected chi connectivity index (χ1v) is 8.77. The molecule has 3 aliphatic carbocycles. The molecule has 0 amide bonds. The summed E-state index contributed by atoms with van der Waals surface area (Å²) < 4.78 is 11.0. The summed E-state index contributed by atoms with van der Waals surface area (Å²) in [6, 6.07) is 0. The van der Waals surface area contributed by atoms with Gasteiger partial charge >= 0.3 is 11.9 Å². The molecule has 4 nitrogen and oxygen atoms in total. The Balaban J connectivity index is 2.18. The van der Waals surface area contributed by atoms with Crippen molar-refractivity contribution in [1.82, 2.24) is 0 Å². The van der Waals surface area contributed by atoms with Gasteiger partial charge in [-0.25, -0.2) is 0 Å². The zero-order chi connectivity index (χ0) is 17.2. The fourth-order valence-corrected chi connectivity index (χ4v) is 3.63. The summed E-state index contributed by atoms with van der Waals surface area (Å²) >= 11 is 0. The zero-order valence-electron chi connectivity index (χ0n) is 15.0. The monoisotopic (exact) mass is 322 g/mol. The van der Waals surface area contributed by atoms with Crippen LogP contribution in [-0.2, 0) is 19.1 Å². The van der Waals surface area contributed by atoms with Crippen molar-refractivity contribution in [1.29, 1.82) is 0 Å². The van der Waals surface area contributed by atoms with E-state index in [1.807, 2.05) is 27.7 Å². The molecule has 0 aliphatic heterocycles. The second-order valence-corrected chi connectivity index (χ2v) is 8.12. The van der Waals surface area contributed by atoms with E-state index >= 15 is 0 Å². The topological polar surface area (TPSA) is 52.6 Å². The minimum atomic E-state index is -0.426. The standard InChI is InChI=1S/C19H30O4/c1-12(2)10-22-17(20)15-14-6-8-19(5,9-7-14)16(15)18(21)23-11-13(3)4/h6,8,12-16H,7,9-11H2,1-5H3. The molecule has 4 unspecified atom stereocenters. The van der Waals surface area contributed by atoms with Gasteiger partial charge in [-0.1, -0.05) is 46.8 Å². The van der Waals surface area contributed by atoms with E-state index < -0.39 is 11.8 Å². The molecule has 0 aromatic carbocycles. The van der Waals surface area contributed by atoms with E-state index in [0.717, 1.165) is 12.8 Å². The van der Waals surface area contributed by atoms with Gasteiger partial charge in [-0.2, -0.15) is 0 Å². The van der Waals surface area contributed by atoms with Crippen molar-refractivity contribution in [3.63, 3.8) is 0 Å². The molecule has 0 spiro atoms. The maximum Gasteiger partial charge on any atom is 0.310 e. The van der Waals surface area contributed by atoms with Crippen LogP contribution in [-0.4, -0.2) is 25.2 Å².